The second-order valence-corrected chi connectivity index (χ2v) is 7.98. The molecule has 0 aliphatic heterocycles. The van der Waals surface area contributed by atoms with Crippen LogP contribution in [0.2, 0.25) is 0 Å². The Labute approximate surface area is 202 Å². The van der Waals surface area contributed by atoms with Crippen LogP contribution in [-0.4, -0.2) is 52.2 Å². The molecule has 0 bridgehead atoms. The van der Waals surface area contributed by atoms with E-state index in [-0.39, 0.29) is 41.9 Å². The monoisotopic (exact) mass is 474 g/mol. The van der Waals surface area contributed by atoms with E-state index in [1.54, 1.807) is 41.3 Å². The first-order valence-corrected chi connectivity index (χ1v) is 11.1. The maximum atomic E-state index is 13.3. The summed E-state index contributed by atoms with van der Waals surface area (Å²) < 4.78 is 10.9. The van der Waals surface area contributed by atoms with E-state index in [0.29, 0.717) is 18.5 Å². The van der Waals surface area contributed by atoms with Gasteiger partial charge in [-0.2, -0.15) is 0 Å². The smallest absolute Gasteiger partial charge is 0.339 e. The van der Waals surface area contributed by atoms with Crippen molar-refractivity contribution >= 4 is 22.8 Å². The molecule has 180 valence electrons. The molecular formula is C27H26N2O6. The largest absolute Gasteiger partial charge is 0.508 e. The number of benzene rings is 3. The zero-order valence-corrected chi connectivity index (χ0v) is 19.2. The van der Waals surface area contributed by atoms with E-state index < -0.39 is 5.97 Å². The summed E-state index contributed by atoms with van der Waals surface area (Å²) in [6.45, 7) is 0.160. The zero-order valence-electron chi connectivity index (χ0n) is 19.2. The number of aromatic carboxylic acids is 1. The first-order chi connectivity index (χ1) is 17.0. The first kappa shape index (κ1) is 23.7. The van der Waals surface area contributed by atoms with E-state index in [9.17, 15) is 19.8 Å². The number of carbonyl (C=O) groups excluding carboxylic acids is 1. The highest BCUT2D eigenvalue weighted by Gasteiger charge is 2.21. The van der Waals surface area contributed by atoms with Crippen LogP contribution >= 0.6 is 0 Å². The van der Waals surface area contributed by atoms with Gasteiger partial charge in [0.25, 0.3) is 5.91 Å². The lowest BCUT2D eigenvalue weighted by Crippen LogP contribution is -2.36. The summed E-state index contributed by atoms with van der Waals surface area (Å²) in [4.78, 5) is 29.7. The number of aromatic hydroxyl groups is 1. The molecule has 4 rings (SSSR count). The molecule has 0 atom stereocenters. The number of para-hydroxylation sites is 3. The number of H-pyrrole nitrogens is 1. The van der Waals surface area contributed by atoms with Crippen molar-refractivity contribution in [3.8, 4) is 17.2 Å². The number of ether oxygens (including phenoxy) is 2. The Balaban J connectivity index is 1.54. The third-order valence-electron chi connectivity index (χ3n) is 5.80. The molecule has 4 aromatic rings. The predicted molar refractivity (Wildman–Crippen MR) is 131 cm³/mol. The average Bonchev–Trinajstić information content (AvgIpc) is 3.29. The highest BCUT2D eigenvalue weighted by atomic mass is 16.5. The zero-order chi connectivity index (χ0) is 24.8. The SMILES string of the molecule is COc1cccc(C(=O)O)c1OCC(=O)N(CCc1c[nH]c2ccccc12)Cc1ccccc1O. The topological polar surface area (TPSA) is 112 Å². The third-order valence-corrected chi connectivity index (χ3v) is 5.80. The number of fused-ring (bicyclic) bond motifs is 1. The Morgan fingerprint density at radius 2 is 1.74 bits per heavy atom. The lowest BCUT2D eigenvalue weighted by molar-refractivity contribution is -0.134. The molecule has 0 saturated carbocycles. The Morgan fingerprint density at radius 3 is 2.51 bits per heavy atom. The van der Waals surface area contributed by atoms with Gasteiger partial charge in [-0.3, -0.25) is 4.79 Å². The van der Waals surface area contributed by atoms with Gasteiger partial charge in [-0.05, 0) is 36.2 Å². The van der Waals surface area contributed by atoms with Gasteiger partial charge in [-0.25, -0.2) is 4.79 Å². The molecule has 1 amide bonds. The van der Waals surface area contributed by atoms with E-state index in [1.807, 2.05) is 30.5 Å². The van der Waals surface area contributed by atoms with Crippen LogP contribution in [0.1, 0.15) is 21.5 Å². The molecule has 1 aromatic heterocycles. The molecule has 0 radical (unpaired) electrons. The minimum atomic E-state index is -1.18. The number of carboxylic acid groups (broad SMARTS) is 1. The highest BCUT2D eigenvalue weighted by molar-refractivity contribution is 5.92. The number of carboxylic acids is 1. The number of phenols is 1. The number of aromatic amines is 1. The van der Waals surface area contributed by atoms with Crippen LogP contribution in [0.15, 0.2) is 72.9 Å². The summed E-state index contributed by atoms with van der Waals surface area (Å²) in [5.74, 6) is -1.22. The normalized spacial score (nSPS) is 10.8. The number of aromatic nitrogens is 1. The van der Waals surface area contributed by atoms with Crippen LogP contribution in [0.25, 0.3) is 10.9 Å². The van der Waals surface area contributed by atoms with Crippen molar-refractivity contribution in [3.05, 3.63) is 89.6 Å². The van der Waals surface area contributed by atoms with Gasteiger partial charge in [0.2, 0.25) is 0 Å². The van der Waals surface area contributed by atoms with Gasteiger partial charge in [-0.1, -0.05) is 42.5 Å². The molecule has 0 unspecified atom stereocenters. The van der Waals surface area contributed by atoms with Crippen molar-refractivity contribution in [2.24, 2.45) is 0 Å². The summed E-state index contributed by atoms with van der Waals surface area (Å²) in [5, 5.41) is 20.8. The fourth-order valence-corrected chi connectivity index (χ4v) is 3.96. The molecule has 3 N–H and O–H groups in total. The molecule has 35 heavy (non-hydrogen) atoms. The van der Waals surface area contributed by atoms with Crippen LogP contribution in [-0.2, 0) is 17.8 Å². The fraction of sp³-hybridized carbons (Fsp3) is 0.185. The Kier molecular flexibility index (Phi) is 7.21. The van der Waals surface area contributed by atoms with Crippen molar-refractivity contribution in [1.82, 2.24) is 9.88 Å². The van der Waals surface area contributed by atoms with E-state index >= 15 is 0 Å². The number of carbonyl (C=O) groups is 2. The van der Waals surface area contributed by atoms with Crippen LogP contribution < -0.4 is 9.47 Å². The van der Waals surface area contributed by atoms with Gasteiger partial charge < -0.3 is 29.6 Å². The van der Waals surface area contributed by atoms with E-state index in [0.717, 1.165) is 16.5 Å². The summed E-state index contributed by atoms with van der Waals surface area (Å²) in [6, 6.07) is 19.3. The molecule has 8 nitrogen and oxygen atoms in total. The number of hydrogen-bond acceptors (Lipinski definition) is 5. The number of hydrogen-bond donors (Lipinski definition) is 3. The summed E-state index contributed by atoms with van der Waals surface area (Å²) in [6.07, 6.45) is 2.51. The second kappa shape index (κ2) is 10.6. The van der Waals surface area contributed by atoms with Crippen LogP contribution in [0, 0.1) is 0 Å². The minimum absolute atomic E-state index is 0.00464. The average molecular weight is 475 g/mol. The first-order valence-electron chi connectivity index (χ1n) is 11.1. The van der Waals surface area contributed by atoms with Crippen molar-refractivity contribution < 1.29 is 29.3 Å². The molecular weight excluding hydrogens is 448 g/mol. The third kappa shape index (κ3) is 5.38. The summed E-state index contributed by atoms with van der Waals surface area (Å²) in [5.41, 5.74) is 2.59. The number of amides is 1. The molecule has 0 aliphatic carbocycles. The quantitative estimate of drug-likeness (QED) is 0.317. The summed E-state index contributed by atoms with van der Waals surface area (Å²) >= 11 is 0. The predicted octanol–water partition coefficient (Wildman–Crippen LogP) is 4.23. The highest BCUT2D eigenvalue weighted by Crippen LogP contribution is 2.31. The lowest BCUT2D eigenvalue weighted by atomic mass is 10.1. The van der Waals surface area contributed by atoms with E-state index in [4.69, 9.17) is 9.47 Å². The van der Waals surface area contributed by atoms with Gasteiger partial charge >= 0.3 is 5.97 Å². The van der Waals surface area contributed by atoms with Crippen molar-refractivity contribution in [3.63, 3.8) is 0 Å². The number of nitrogens with zero attached hydrogens (tertiary/aromatic N) is 1. The van der Waals surface area contributed by atoms with Gasteiger partial charge in [0.1, 0.15) is 11.3 Å². The standard InChI is InChI=1S/C27H26N2O6/c1-34-24-12-6-9-21(27(32)33)26(24)35-17-25(31)29(16-19-7-2-5-11-23(19)30)14-13-18-15-28-22-10-4-3-8-20(18)22/h2-12,15,28,30H,13-14,16-17H2,1H3,(H,32,33). The Hall–Kier alpha value is -4.46. The lowest BCUT2D eigenvalue weighted by Gasteiger charge is -2.24. The van der Waals surface area contributed by atoms with Gasteiger partial charge in [0, 0.05) is 35.8 Å². The van der Waals surface area contributed by atoms with Crippen LogP contribution in [0.5, 0.6) is 17.2 Å². The summed E-state index contributed by atoms with van der Waals surface area (Å²) in [7, 11) is 1.40. The molecule has 8 heteroatoms. The number of rotatable bonds is 10. The van der Waals surface area contributed by atoms with Crippen LogP contribution in [0.4, 0.5) is 0 Å². The van der Waals surface area contributed by atoms with Crippen LogP contribution in [0.3, 0.4) is 0 Å². The van der Waals surface area contributed by atoms with Gasteiger partial charge in [-0.15, -0.1) is 0 Å². The molecule has 3 aromatic carbocycles. The maximum Gasteiger partial charge on any atom is 0.339 e. The fourth-order valence-electron chi connectivity index (χ4n) is 3.96. The number of phenolic OH excluding ortho intramolecular Hbond substituents is 1. The van der Waals surface area contributed by atoms with E-state index in [2.05, 4.69) is 4.98 Å². The van der Waals surface area contributed by atoms with Gasteiger partial charge in [0.05, 0.1) is 7.11 Å². The van der Waals surface area contributed by atoms with Gasteiger partial charge in [0.15, 0.2) is 18.1 Å². The van der Waals surface area contributed by atoms with E-state index in [1.165, 1.54) is 13.2 Å². The second-order valence-electron chi connectivity index (χ2n) is 7.98. The Bertz CT molecular complexity index is 1350. The molecule has 0 saturated heterocycles. The molecule has 1 heterocycles. The Morgan fingerprint density at radius 1 is 0.971 bits per heavy atom. The van der Waals surface area contributed by atoms with Crippen molar-refractivity contribution in [2.45, 2.75) is 13.0 Å². The van der Waals surface area contributed by atoms with Crippen molar-refractivity contribution in [1.29, 1.82) is 0 Å². The van der Waals surface area contributed by atoms with Crippen molar-refractivity contribution in [2.75, 3.05) is 20.3 Å². The number of nitrogens with one attached hydrogen (secondary N) is 1. The molecule has 0 spiro atoms. The number of methoxy groups -OCH3 is 1. The molecule has 0 aliphatic rings. The minimum Gasteiger partial charge on any atom is -0.508 e. The molecule has 0 fully saturated rings. The maximum absolute atomic E-state index is 13.3.